The third-order valence-electron chi connectivity index (χ3n) is 9.85. The molecule has 5 N–H and O–H groups in total. The zero-order valence-electron chi connectivity index (χ0n) is 21.1. The Morgan fingerprint density at radius 2 is 1.85 bits per heavy atom. The van der Waals surface area contributed by atoms with E-state index in [0.29, 0.717) is 29.9 Å². The average molecular weight is 476 g/mol. The van der Waals surface area contributed by atoms with Gasteiger partial charge in [-0.3, -0.25) is 9.59 Å². The smallest absolute Gasteiger partial charge is 0.323 e. The van der Waals surface area contributed by atoms with E-state index in [-0.39, 0.29) is 13.0 Å². The number of aliphatic hydroxyl groups is 3. The molecular weight excluding hydrogens is 434 g/mol. The monoisotopic (exact) mass is 475 g/mol. The third kappa shape index (κ3) is 3.54. The van der Waals surface area contributed by atoms with Crippen molar-refractivity contribution >= 4 is 11.8 Å². The molecule has 4 aliphatic carbocycles. The molecule has 0 amide bonds. The maximum Gasteiger partial charge on any atom is 0.323 e. The number of hydrogen-bond acceptors (Lipinski definition) is 7. The summed E-state index contributed by atoms with van der Waals surface area (Å²) < 4.78 is 6.17. The topological polar surface area (TPSA) is 130 Å². The van der Waals surface area contributed by atoms with E-state index >= 15 is 0 Å². The number of carbonyl (C=O) groups is 2. The molecule has 2 fully saturated rings. The number of carbonyl (C=O) groups excluding carboxylic acids is 2. The van der Waals surface area contributed by atoms with E-state index in [1.807, 2.05) is 33.8 Å². The van der Waals surface area contributed by atoms with E-state index in [1.165, 1.54) is 6.42 Å². The van der Waals surface area contributed by atoms with Gasteiger partial charge in [0.15, 0.2) is 5.78 Å². The molecule has 2 saturated carbocycles. The van der Waals surface area contributed by atoms with Crippen molar-refractivity contribution in [1.82, 2.24) is 0 Å². The Morgan fingerprint density at radius 1 is 1.21 bits per heavy atom. The maximum atomic E-state index is 13.1. The van der Waals surface area contributed by atoms with Crippen LogP contribution in [0.4, 0.5) is 0 Å². The van der Waals surface area contributed by atoms with Crippen LogP contribution in [0.5, 0.6) is 0 Å². The predicted octanol–water partition coefficient (Wildman–Crippen LogP) is 2.42. The third-order valence-corrected chi connectivity index (χ3v) is 9.85. The lowest BCUT2D eigenvalue weighted by atomic mass is 9.48. The average Bonchev–Trinajstić information content (AvgIpc) is 2.89. The normalized spacial score (nSPS) is 42.5. The van der Waals surface area contributed by atoms with Crippen molar-refractivity contribution in [2.24, 2.45) is 34.8 Å². The van der Waals surface area contributed by atoms with E-state index in [1.54, 1.807) is 13.0 Å². The van der Waals surface area contributed by atoms with Crippen LogP contribution in [-0.4, -0.2) is 56.5 Å². The summed E-state index contributed by atoms with van der Waals surface area (Å²) >= 11 is 0. The first-order valence-corrected chi connectivity index (χ1v) is 12.7. The minimum Gasteiger partial charge on any atom is -0.458 e. The molecule has 7 atom stereocenters. The molecule has 0 saturated heterocycles. The van der Waals surface area contributed by atoms with Crippen LogP contribution in [0.2, 0.25) is 0 Å². The molecule has 7 nitrogen and oxygen atoms in total. The van der Waals surface area contributed by atoms with E-state index in [2.05, 4.69) is 0 Å². The van der Waals surface area contributed by atoms with Crippen molar-refractivity contribution in [2.75, 3.05) is 6.61 Å². The molecule has 34 heavy (non-hydrogen) atoms. The highest BCUT2D eigenvalue weighted by Gasteiger charge is 2.69. The summed E-state index contributed by atoms with van der Waals surface area (Å²) in [5.74, 6) is -2.18. The van der Waals surface area contributed by atoms with Gasteiger partial charge in [0, 0.05) is 23.7 Å². The van der Waals surface area contributed by atoms with Gasteiger partial charge < -0.3 is 25.8 Å². The summed E-state index contributed by atoms with van der Waals surface area (Å²) in [4.78, 5) is 26.1. The zero-order valence-corrected chi connectivity index (χ0v) is 21.1. The molecule has 190 valence electrons. The van der Waals surface area contributed by atoms with Crippen LogP contribution in [-0.2, 0) is 14.3 Å². The van der Waals surface area contributed by atoms with Gasteiger partial charge in [0.25, 0.3) is 0 Å². The van der Waals surface area contributed by atoms with Gasteiger partial charge in [0.05, 0.1) is 12.2 Å². The minimum atomic E-state index is -1.80. The standard InChI is InChI=1S/C27H41NO6/c1-15-9-21-26(32,22(15)30)13-18(14-29)11-20-24(3,4)25(5,12-16(2)27(20,21)33)34-23(31)19(28)10-17-7-6-8-17/h9,11,16-17,19-21,29,32-33H,6-8,10,12-14,28H2,1-5H3/t16-,19+,20+,21-,25-,26-,27-/m1/s1. The number of aliphatic hydroxyl groups excluding tert-OH is 1. The van der Waals surface area contributed by atoms with Gasteiger partial charge in [-0.2, -0.15) is 0 Å². The van der Waals surface area contributed by atoms with Crippen molar-refractivity contribution in [1.29, 1.82) is 0 Å². The Balaban J connectivity index is 1.72. The Bertz CT molecular complexity index is 935. The summed E-state index contributed by atoms with van der Waals surface area (Å²) in [6.07, 6.45) is 7.81. The molecule has 0 aliphatic heterocycles. The minimum absolute atomic E-state index is 0.0365. The largest absolute Gasteiger partial charge is 0.458 e. The molecule has 4 aliphatic rings. The lowest BCUT2D eigenvalue weighted by molar-refractivity contribution is -0.246. The maximum absolute atomic E-state index is 13.1. The molecule has 0 spiro atoms. The molecular formula is C27H41NO6. The second-order valence-electron chi connectivity index (χ2n) is 12.2. The lowest BCUT2D eigenvalue weighted by Crippen LogP contribution is -2.69. The zero-order chi connectivity index (χ0) is 25.3. The summed E-state index contributed by atoms with van der Waals surface area (Å²) in [5.41, 5.74) is 2.15. The highest BCUT2D eigenvalue weighted by atomic mass is 16.6. The van der Waals surface area contributed by atoms with Crippen LogP contribution >= 0.6 is 0 Å². The molecule has 0 aromatic carbocycles. The van der Waals surface area contributed by atoms with Crippen molar-refractivity contribution in [3.05, 3.63) is 23.3 Å². The quantitative estimate of drug-likeness (QED) is 0.355. The SMILES string of the molecule is CC1=C[C@H]2[C@@]3(O)[C@H](C)C[C@@](C)(OC(=O)[C@@H](N)CC4CCC4)C(C)(C)[C@@H]3C=C(CO)C[C@]2(O)C1=O. The number of nitrogens with two attached hydrogens (primary N) is 1. The predicted molar refractivity (Wildman–Crippen MR) is 127 cm³/mol. The van der Waals surface area contributed by atoms with Gasteiger partial charge >= 0.3 is 5.97 Å². The van der Waals surface area contributed by atoms with Gasteiger partial charge in [0.1, 0.15) is 17.2 Å². The number of esters is 1. The van der Waals surface area contributed by atoms with E-state index in [9.17, 15) is 24.9 Å². The van der Waals surface area contributed by atoms with Crippen LogP contribution in [0.3, 0.4) is 0 Å². The molecule has 0 aromatic rings. The van der Waals surface area contributed by atoms with E-state index < -0.39 is 57.8 Å². The molecule has 0 bridgehead atoms. The number of ketones is 1. The van der Waals surface area contributed by atoms with Crippen LogP contribution in [0, 0.1) is 29.1 Å². The number of hydrogen-bond donors (Lipinski definition) is 4. The molecule has 7 heteroatoms. The lowest BCUT2D eigenvalue weighted by Gasteiger charge is -2.61. The van der Waals surface area contributed by atoms with Crippen molar-refractivity contribution < 1.29 is 29.6 Å². The summed E-state index contributed by atoms with van der Waals surface area (Å²) in [6.45, 7) is 8.99. The fraction of sp³-hybridized carbons (Fsp3) is 0.778. The van der Waals surface area contributed by atoms with Gasteiger partial charge in [-0.05, 0) is 49.7 Å². The van der Waals surface area contributed by atoms with Crippen molar-refractivity contribution in [2.45, 2.75) is 96.0 Å². The van der Waals surface area contributed by atoms with Crippen molar-refractivity contribution in [3.8, 4) is 0 Å². The number of fused-ring (bicyclic) bond motifs is 3. The number of Topliss-reactive ketones (excluding diaryl/α,β-unsaturated/α-hetero) is 1. The van der Waals surface area contributed by atoms with Gasteiger partial charge in [-0.15, -0.1) is 0 Å². The van der Waals surface area contributed by atoms with Crippen molar-refractivity contribution in [3.63, 3.8) is 0 Å². The number of ether oxygens (including phenoxy) is 1. The first kappa shape index (κ1) is 25.5. The molecule has 0 aromatic heterocycles. The Morgan fingerprint density at radius 3 is 2.41 bits per heavy atom. The first-order chi connectivity index (χ1) is 15.7. The Labute approximate surface area is 202 Å². The highest BCUT2D eigenvalue weighted by molar-refractivity contribution is 6.04. The Kier molecular flexibility index (Phi) is 6.20. The second-order valence-corrected chi connectivity index (χ2v) is 12.2. The van der Waals surface area contributed by atoms with Gasteiger partial charge in [-0.1, -0.05) is 52.2 Å². The molecule has 0 heterocycles. The summed E-state index contributed by atoms with van der Waals surface area (Å²) in [7, 11) is 0. The summed E-state index contributed by atoms with van der Waals surface area (Å²) in [5, 5.41) is 34.0. The first-order valence-electron chi connectivity index (χ1n) is 12.7. The van der Waals surface area contributed by atoms with Crippen LogP contribution in [0.1, 0.15) is 73.1 Å². The number of rotatable bonds is 5. The molecule has 0 radical (unpaired) electrons. The Hall–Kier alpha value is -1.54. The van der Waals surface area contributed by atoms with E-state index in [4.69, 9.17) is 10.5 Å². The van der Waals surface area contributed by atoms with Gasteiger partial charge in [0.2, 0.25) is 0 Å². The van der Waals surface area contributed by atoms with Crippen LogP contribution in [0.15, 0.2) is 23.3 Å². The second kappa shape index (κ2) is 8.26. The van der Waals surface area contributed by atoms with Crippen LogP contribution < -0.4 is 5.73 Å². The fourth-order valence-electron chi connectivity index (χ4n) is 7.12. The van der Waals surface area contributed by atoms with E-state index in [0.717, 1.165) is 12.8 Å². The van der Waals surface area contributed by atoms with Crippen LogP contribution in [0.25, 0.3) is 0 Å². The highest BCUT2D eigenvalue weighted by Crippen LogP contribution is 2.63. The van der Waals surface area contributed by atoms with Gasteiger partial charge in [-0.25, -0.2) is 0 Å². The molecule has 4 rings (SSSR count). The summed E-state index contributed by atoms with van der Waals surface area (Å²) in [6, 6.07) is -0.685. The fourth-order valence-corrected chi connectivity index (χ4v) is 7.12. The molecule has 0 unspecified atom stereocenters.